The van der Waals surface area contributed by atoms with E-state index in [-0.39, 0.29) is 47.3 Å². The first-order chi connectivity index (χ1) is 20.5. The topological polar surface area (TPSA) is 120 Å². The summed E-state index contributed by atoms with van der Waals surface area (Å²) in [6.45, 7) is 1.85. The van der Waals surface area contributed by atoms with Gasteiger partial charge in [-0.05, 0) is 55.0 Å². The van der Waals surface area contributed by atoms with Crippen LogP contribution in [0, 0.1) is 11.6 Å². The van der Waals surface area contributed by atoms with Crippen LogP contribution in [0.2, 0.25) is 0 Å². The molecule has 5 rings (SSSR count). The Balaban J connectivity index is 1.42. The van der Waals surface area contributed by atoms with Crippen LogP contribution in [0.15, 0.2) is 82.8 Å². The second kappa shape index (κ2) is 11.7. The number of nitrogens with one attached hydrogen (secondary N) is 1. The van der Waals surface area contributed by atoms with Gasteiger partial charge in [0.2, 0.25) is 0 Å². The third-order valence-corrected chi connectivity index (χ3v) is 6.59. The van der Waals surface area contributed by atoms with Crippen molar-refractivity contribution in [2.75, 3.05) is 19.4 Å². The first kappa shape index (κ1) is 28.9. The molecule has 0 spiro atoms. The van der Waals surface area contributed by atoms with E-state index in [4.69, 9.17) is 4.74 Å². The van der Waals surface area contributed by atoms with Crippen LogP contribution in [0.5, 0.6) is 11.5 Å². The molecule has 2 amide bonds. The van der Waals surface area contributed by atoms with E-state index in [1.54, 1.807) is 33.3 Å². The summed E-state index contributed by atoms with van der Waals surface area (Å²) in [5.41, 5.74) is -0.557. The average molecular weight is 589 g/mol. The van der Waals surface area contributed by atoms with Gasteiger partial charge in [-0.2, -0.15) is 5.10 Å². The molecule has 2 aromatic carbocycles. The van der Waals surface area contributed by atoms with Crippen LogP contribution in [-0.4, -0.2) is 49.6 Å². The van der Waals surface area contributed by atoms with Crippen LogP contribution in [0.25, 0.3) is 11.2 Å². The summed E-state index contributed by atoms with van der Waals surface area (Å²) in [6, 6.07) is 11.5. The molecule has 0 aliphatic carbocycles. The Labute approximate surface area is 243 Å². The van der Waals surface area contributed by atoms with E-state index in [1.807, 2.05) is 0 Å². The Bertz CT molecular complexity index is 1980. The summed E-state index contributed by atoms with van der Waals surface area (Å²) in [6.07, 6.45) is 3.95. The first-order valence-electron chi connectivity index (χ1n) is 13.1. The van der Waals surface area contributed by atoms with Crippen molar-refractivity contribution in [1.82, 2.24) is 23.6 Å². The maximum Gasteiger partial charge on any atom is 0.335 e. The van der Waals surface area contributed by atoms with E-state index < -0.39 is 28.7 Å². The molecule has 13 heteroatoms. The number of hydrogen-bond acceptors (Lipinski definition) is 6. The van der Waals surface area contributed by atoms with Gasteiger partial charge in [0.1, 0.15) is 16.9 Å². The van der Waals surface area contributed by atoms with Gasteiger partial charge in [0.05, 0.1) is 23.8 Å². The van der Waals surface area contributed by atoms with Crippen molar-refractivity contribution in [3.63, 3.8) is 0 Å². The van der Waals surface area contributed by atoms with Crippen LogP contribution >= 0.6 is 0 Å². The lowest BCUT2D eigenvalue weighted by Crippen LogP contribution is -2.41. The number of aryl methyl sites for hydroxylation is 1. The molecule has 0 aliphatic heterocycles. The number of nitrogens with zero attached hydrogens (tertiary/aromatic N) is 5. The minimum absolute atomic E-state index is 0.110. The molecule has 0 unspecified atom stereocenters. The van der Waals surface area contributed by atoms with Gasteiger partial charge in [-0.15, -0.1) is 0 Å². The molecule has 5 aromatic rings. The largest absolute Gasteiger partial charge is 0.452 e. The third kappa shape index (κ3) is 5.91. The van der Waals surface area contributed by atoms with E-state index >= 15 is 4.39 Å². The molecule has 0 saturated heterocycles. The van der Waals surface area contributed by atoms with Crippen LogP contribution in [0.1, 0.15) is 22.8 Å². The Morgan fingerprint density at radius 1 is 0.977 bits per heavy atom. The van der Waals surface area contributed by atoms with Gasteiger partial charge in [0.15, 0.2) is 23.1 Å². The standard InChI is InChI=1S/C30H26F2N6O5/c1-4-36-17-22(28(40)38(30(36)42)21-8-6-19(31)7-9-21)25(39)14-18-5-10-26(23(32)13-18)43-27-15-20(34-29(41)35(2)3)16-37-24(27)11-12-33-37/h5-13,15-17H,4,14H2,1-3H3,(H,34,41). The maximum atomic E-state index is 15.2. The Morgan fingerprint density at radius 2 is 1.72 bits per heavy atom. The molecule has 1 N–H and O–H groups in total. The molecule has 11 nitrogen and oxygen atoms in total. The van der Waals surface area contributed by atoms with Gasteiger partial charge in [-0.3, -0.25) is 14.2 Å². The molecule has 0 atom stereocenters. The van der Waals surface area contributed by atoms with Crippen LogP contribution in [-0.2, 0) is 13.0 Å². The molecule has 3 aromatic heterocycles. The molecular formula is C30H26F2N6O5. The highest BCUT2D eigenvalue weighted by Crippen LogP contribution is 2.31. The SMILES string of the molecule is CCn1cc(C(=O)Cc2ccc(Oc3cc(NC(=O)N(C)C)cn4nccc34)c(F)c2)c(=O)n(-c2ccc(F)cc2)c1=O. The van der Waals surface area contributed by atoms with Crippen LogP contribution < -0.4 is 21.3 Å². The van der Waals surface area contributed by atoms with Crippen molar-refractivity contribution in [2.24, 2.45) is 0 Å². The van der Waals surface area contributed by atoms with Gasteiger partial charge in [-0.25, -0.2) is 27.5 Å². The molecule has 43 heavy (non-hydrogen) atoms. The molecule has 0 radical (unpaired) electrons. The van der Waals surface area contributed by atoms with Crippen molar-refractivity contribution in [3.8, 4) is 17.2 Å². The highest BCUT2D eigenvalue weighted by Gasteiger charge is 2.20. The summed E-state index contributed by atoms with van der Waals surface area (Å²) in [7, 11) is 3.17. The number of carbonyl (C=O) groups is 2. The Morgan fingerprint density at radius 3 is 2.40 bits per heavy atom. The number of anilines is 1. The van der Waals surface area contributed by atoms with E-state index in [0.717, 1.165) is 22.8 Å². The number of ether oxygens (including phenoxy) is 1. The van der Waals surface area contributed by atoms with Gasteiger partial charge in [0, 0.05) is 39.3 Å². The van der Waals surface area contributed by atoms with Crippen molar-refractivity contribution in [3.05, 3.63) is 117 Å². The van der Waals surface area contributed by atoms with Crippen molar-refractivity contribution in [1.29, 1.82) is 0 Å². The first-order valence-corrected chi connectivity index (χ1v) is 13.1. The van der Waals surface area contributed by atoms with Gasteiger partial charge < -0.3 is 15.0 Å². The lowest BCUT2D eigenvalue weighted by atomic mass is 10.0. The van der Waals surface area contributed by atoms with E-state index in [1.165, 1.54) is 56.7 Å². The predicted molar refractivity (Wildman–Crippen MR) is 154 cm³/mol. The number of hydrogen-bond donors (Lipinski definition) is 1. The maximum absolute atomic E-state index is 15.2. The second-order valence-electron chi connectivity index (χ2n) is 9.77. The molecular weight excluding hydrogens is 562 g/mol. The zero-order valence-electron chi connectivity index (χ0n) is 23.4. The quantitative estimate of drug-likeness (QED) is 0.271. The van der Waals surface area contributed by atoms with E-state index in [0.29, 0.717) is 11.2 Å². The lowest BCUT2D eigenvalue weighted by molar-refractivity contribution is 0.0990. The number of benzene rings is 2. The van der Waals surface area contributed by atoms with Crippen molar-refractivity contribution in [2.45, 2.75) is 19.9 Å². The predicted octanol–water partition coefficient (Wildman–Crippen LogP) is 4.26. The number of urea groups is 1. The Hall–Kier alpha value is -5.59. The second-order valence-corrected chi connectivity index (χ2v) is 9.77. The smallest absolute Gasteiger partial charge is 0.335 e. The fraction of sp³-hybridized carbons (Fsp3) is 0.167. The summed E-state index contributed by atoms with van der Waals surface area (Å²) in [5, 5.41) is 6.85. The average Bonchev–Trinajstić information content (AvgIpc) is 3.44. The third-order valence-electron chi connectivity index (χ3n) is 6.59. The summed E-state index contributed by atoms with van der Waals surface area (Å²) in [5.74, 6) is -1.88. The zero-order chi connectivity index (χ0) is 30.8. The normalized spacial score (nSPS) is 11.0. The van der Waals surface area contributed by atoms with Crippen LogP contribution in [0.4, 0.5) is 19.3 Å². The zero-order valence-corrected chi connectivity index (χ0v) is 23.4. The molecule has 0 bridgehead atoms. The number of Topliss-reactive ketones (excluding diaryl/α,β-unsaturated/α-hetero) is 1. The van der Waals surface area contributed by atoms with Crippen molar-refractivity contribution < 1.29 is 23.1 Å². The Kier molecular flexibility index (Phi) is 7.88. The molecule has 0 saturated carbocycles. The number of rotatable bonds is 8. The number of fused-ring (bicyclic) bond motifs is 1. The highest BCUT2D eigenvalue weighted by molar-refractivity contribution is 5.97. The number of aromatic nitrogens is 4. The summed E-state index contributed by atoms with van der Waals surface area (Å²) in [4.78, 5) is 52.8. The number of ketones is 1. The minimum atomic E-state index is -0.863. The molecule has 0 fully saturated rings. The van der Waals surface area contributed by atoms with Gasteiger partial charge in [-0.1, -0.05) is 6.07 Å². The highest BCUT2D eigenvalue weighted by atomic mass is 19.1. The number of amides is 2. The monoisotopic (exact) mass is 588 g/mol. The molecule has 220 valence electrons. The summed E-state index contributed by atoms with van der Waals surface area (Å²) >= 11 is 0. The fourth-order valence-electron chi connectivity index (χ4n) is 4.36. The number of halogens is 2. The molecule has 0 aliphatic rings. The van der Waals surface area contributed by atoms with Crippen LogP contribution in [0.3, 0.4) is 0 Å². The lowest BCUT2D eigenvalue weighted by Gasteiger charge is -2.14. The van der Waals surface area contributed by atoms with E-state index in [9.17, 15) is 23.6 Å². The number of pyridine rings is 1. The van der Waals surface area contributed by atoms with Crippen molar-refractivity contribution >= 4 is 23.0 Å². The summed E-state index contributed by atoms with van der Waals surface area (Å²) < 4.78 is 38.0. The van der Waals surface area contributed by atoms with Gasteiger partial charge >= 0.3 is 11.7 Å². The van der Waals surface area contributed by atoms with Gasteiger partial charge in [0.25, 0.3) is 5.56 Å². The minimum Gasteiger partial charge on any atom is -0.452 e. The number of carbonyl (C=O) groups excluding carboxylic acids is 2. The molecule has 3 heterocycles. The fourth-order valence-corrected chi connectivity index (χ4v) is 4.36. The van der Waals surface area contributed by atoms with E-state index in [2.05, 4.69) is 10.4 Å².